The lowest BCUT2D eigenvalue weighted by Crippen LogP contribution is -2.32. The van der Waals surface area contributed by atoms with Gasteiger partial charge in [-0.2, -0.15) is 0 Å². The van der Waals surface area contributed by atoms with Crippen molar-refractivity contribution in [1.29, 1.82) is 0 Å². The molecule has 0 radical (unpaired) electrons. The highest BCUT2D eigenvalue weighted by atomic mass is 35.5. The van der Waals surface area contributed by atoms with Crippen molar-refractivity contribution in [3.63, 3.8) is 0 Å². The van der Waals surface area contributed by atoms with E-state index in [-0.39, 0.29) is 11.8 Å². The standard InChI is InChI=1S/C29H31ClN4O2/c1-4-34(5-2)18-17-26(35)33(3)23-14-12-22(13-15-23)31-28(20-9-7-6-8-10-20)27-24-16-11-21(30)19-25(24)32-29(27)36/h6-16,19,31H,4-5,17-18H2,1-3H3,(H,32,36)/b28-27-. The number of nitrogens with one attached hydrogen (secondary N) is 2. The lowest BCUT2D eigenvalue weighted by molar-refractivity contribution is -0.118. The Labute approximate surface area is 217 Å². The smallest absolute Gasteiger partial charge is 0.258 e. The molecule has 1 heterocycles. The van der Waals surface area contributed by atoms with Crippen LogP contribution in [0.3, 0.4) is 0 Å². The first-order valence-electron chi connectivity index (χ1n) is 12.2. The third kappa shape index (κ3) is 5.61. The number of carbonyl (C=O) groups excluding carboxylic acids is 2. The SMILES string of the molecule is CCN(CC)CCC(=O)N(C)c1ccc(N/C(=C2\C(=O)Nc3cc(Cl)ccc32)c2ccccc2)cc1. The first kappa shape index (κ1) is 25.5. The van der Waals surface area contributed by atoms with Crippen LogP contribution in [-0.4, -0.2) is 43.4 Å². The summed E-state index contributed by atoms with van der Waals surface area (Å²) < 4.78 is 0. The molecule has 36 heavy (non-hydrogen) atoms. The molecule has 1 aliphatic rings. The molecule has 2 amide bonds. The van der Waals surface area contributed by atoms with Crippen LogP contribution < -0.4 is 15.5 Å². The Balaban J connectivity index is 1.60. The second-order valence-corrected chi connectivity index (χ2v) is 9.10. The van der Waals surface area contributed by atoms with Crippen LogP contribution >= 0.6 is 11.6 Å². The van der Waals surface area contributed by atoms with E-state index in [1.54, 1.807) is 24.1 Å². The Morgan fingerprint density at radius 3 is 2.33 bits per heavy atom. The second-order valence-electron chi connectivity index (χ2n) is 8.66. The number of amides is 2. The van der Waals surface area contributed by atoms with E-state index in [0.29, 0.717) is 28.4 Å². The van der Waals surface area contributed by atoms with Crippen LogP contribution in [0.2, 0.25) is 5.02 Å². The number of benzene rings is 3. The van der Waals surface area contributed by atoms with Gasteiger partial charge in [0.1, 0.15) is 0 Å². The third-order valence-electron chi connectivity index (χ3n) is 6.47. The van der Waals surface area contributed by atoms with E-state index in [1.165, 1.54) is 0 Å². The van der Waals surface area contributed by atoms with Gasteiger partial charge >= 0.3 is 0 Å². The number of carbonyl (C=O) groups is 2. The van der Waals surface area contributed by atoms with Gasteiger partial charge in [0, 0.05) is 42.0 Å². The van der Waals surface area contributed by atoms with E-state index in [2.05, 4.69) is 29.4 Å². The minimum Gasteiger partial charge on any atom is -0.354 e. The summed E-state index contributed by atoms with van der Waals surface area (Å²) in [6.45, 7) is 6.82. The highest BCUT2D eigenvalue weighted by Gasteiger charge is 2.28. The summed E-state index contributed by atoms with van der Waals surface area (Å²) >= 11 is 6.14. The Bertz CT molecular complexity index is 1270. The number of hydrogen-bond acceptors (Lipinski definition) is 4. The zero-order chi connectivity index (χ0) is 25.7. The zero-order valence-corrected chi connectivity index (χ0v) is 21.6. The molecule has 3 aromatic carbocycles. The summed E-state index contributed by atoms with van der Waals surface area (Å²) in [7, 11) is 1.80. The molecule has 0 saturated heterocycles. The molecule has 3 aromatic rings. The van der Waals surface area contributed by atoms with E-state index in [4.69, 9.17) is 11.6 Å². The minimum atomic E-state index is -0.186. The van der Waals surface area contributed by atoms with Crippen molar-refractivity contribution in [3.8, 4) is 0 Å². The average Bonchev–Trinajstić information content (AvgIpc) is 3.22. The van der Waals surface area contributed by atoms with Crippen LogP contribution in [-0.2, 0) is 9.59 Å². The fraction of sp³-hybridized carbons (Fsp3) is 0.241. The van der Waals surface area contributed by atoms with Gasteiger partial charge in [-0.25, -0.2) is 0 Å². The van der Waals surface area contributed by atoms with Crippen LogP contribution in [0.15, 0.2) is 72.8 Å². The van der Waals surface area contributed by atoms with E-state index in [1.807, 2.05) is 60.7 Å². The number of anilines is 3. The van der Waals surface area contributed by atoms with Gasteiger partial charge in [-0.05, 0) is 55.1 Å². The topological polar surface area (TPSA) is 64.7 Å². The quantitative estimate of drug-likeness (QED) is 0.354. The van der Waals surface area contributed by atoms with Crippen molar-refractivity contribution in [1.82, 2.24) is 4.90 Å². The molecule has 4 rings (SSSR count). The van der Waals surface area contributed by atoms with Crippen LogP contribution in [0.25, 0.3) is 11.3 Å². The Hall–Kier alpha value is -3.61. The van der Waals surface area contributed by atoms with Gasteiger partial charge in [-0.1, -0.05) is 61.8 Å². The molecule has 0 saturated carbocycles. The van der Waals surface area contributed by atoms with E-state index >= 15 is 0 Å². The summed E-state index contributed by atoms with van der Waals surface area (Å²) in [5.74, 6) is -0.110. The maximum Gasteiger partial charge on any atom is 0.258 e. The molecule has 1 aliphatic heterocycles. The molecule has 0 spiro atoms. The second kappa shape index (κ2) is 11.4. The number of halogens is 1. The Morgan fingerprint density at radius 1 is 0.972 bits per heavy atom. The molecule has 6 nitrogen and oxygen atoms in total. The van der Waals surface area contributed by atoms with Crippen molar-refractivity contribution in [2.45, 2.75) is 20.3 Å². The summed E-state index contributed by atoms with van der Waals surface area (Å²) in [5.41, 5.74) is 5.26. The predicted octanol–water partition coefficient (Wildman–Crippen LogP) is 5.97. The Kier molecular flexibility index (Phi) is 8.08. The van der Waals surface area contributed by atoms with Crippen molar-refractivity contribution in [2.75, 3.05) is 42.2 Å². The third-order valence-corrected chi connectivity index (χ3v) is 6.71. The summed E-state index contributed by atoms with van der Waals surface area (Å²) in [6.07, 6.45) is 0.473. The maximum absolute atomic E-state index is 13.0. The normalized spacial score (nSPS) is 13.9. The molecule has 0 aromatic heterocycles. The molecule has 0 fully saturated rings. The first-order valence-corrected chi connectivity index (χ1v) is 12.6. The monoisotopic (exact) mass is 502 g/mol. The predicted molar refractivity (Wildman–Crippen MR) is 149 cm³/mol. The van der Waals surface area contributed by atoms with Crippen molar-refractivity contribution < 1.29 is 9.59 Å². The fourth-order valence-electron chi connectivity index (χ4n) is 4.30. The van der Waals surface area contributed by atoms with Crippen molar-refractivity contribution in [2.24, 2.45) is 0 Å². The summed E-state index contributed by atoms with van der Waals surface area (Å²) in [4.78, 5) is 29.6. The fourth-order valence-corrected chi connectivity index (χ4v) is 4.47. The molecule has 0 bridgehead atoms. The van der Waals surface area contributed by atoms with Crippen LogP contribution in [0.1, 0.15) is 31.4 Å². The van der Waals surface area contributed by atoms with Gasteiger partial charge < -0.3 is 20.4 Å². The van der Waals surface area contributed by atoms with Gasteiger partial charge in [0.25, 0.3) is 5.91 Å². The van der Waals surface area contributed by atoms with Crippen molar-refractivity contribution in [3.05, 3.63) is 88.9 Å². The maximum atomic E-state index is 13.0. The molecule has 0 aliphatic carbocycles. The first-order chi connectivity index (χ1) is 17.4. The lowest BCUT2D eigenvalue weighted by Gasteiger charge is -2.22. The number of nitrogens with zero attached hydrogens (tertiary/aromatic N) is 2. The number of fused-ring (bicyclic) bond motifs is 1. The molecule has 186 valence electrons. The largest absolute Gasteiger partial charge is 0.354 e. The highest BCUT2D eigenvalue weighted by molar-refractivity contribution is 6.38. The van der Waals surface area contributed by atoms with Crippen LogP contribution in [0.4, 0.5) is 17.1 Å². The van der Waals surface area contributed by atoms with Gasteiger partial charge in [0.15, 0.2) is 0 Å². The molecule has 0 atom stereocenters. The van der Waals surface area contributed by atoms with Crippen LogP contribution in [0.5, 0.6) is 0 Å². The molecular weight excluding hydrogens is 472 g/mol. The van der Waals surface area contributed by atoms with Crippen molar-refractivity contribution >= 4 is 51.7 Å². The lowest BCUT2D eigenvalue weighted by atomic mass is 10.00. The molecule has 2 N–H and O–H groups in total. The molecule has 7 heteroatoms. The van der Waals surface area contributed by atoms with Crippen LogP contribution in [0, 0.1) is 0 Å². The van der Waals surface area contributed by atoms with E-state index < -0.39 is 0 Å². The highest BCUT2D eigenvalue weighted by Crippen LogP contribution is 2.38. The van der Waals surface area contributed by atoms with Gasteiger partial charge in [0.2, 0.25) is 5.91 Å². The molecular formula is C29H31ClN4O2. The van der Waals surface area contributed by atoms with Gasteiger partial charge in [-0.15, -0.1) is 0 Å². The summed E-state index contributed by atoms with van der Waals surface area (Å²) in [5, 5.41) is 6.94. The summed E-state index contributed by atoms with van der Waals surface area (Å²) in [6, 6.07) is 22.8. The van der Waals surface area contributed by atoms with Gasteiger partial charge in [-0.3, -0.25) is 9.59 Å². The van der Waals surface area contributed by atoms with Gasteiger partial charge in [0.05, 0.1) is 17.0 Å². The average molecular weight is 503 g/mol. The number of rotatable bonds is 9. The zero-order valence-electron chi connectivity index (χ0n) is 20.8. The molecule has 0 unspecified atom stereocenters. The Morgan fingerprint density at radius 2 is 1.67 bits per heavy atom. The van der Waals surface area contributed by atoms with E-state index in [9.17, 15) is 9.59 Å². The van der Waals surface area contributed by atoms with E-state index in [0.717, 1.165) is 42.1 Å². The minimum absolute atomic E-state index is 0.0765. The number of hydrogen-bond donors (Lipinski definition) is 2.